The maximum absolute atomic E-state index is 10.8. The second kappa shape index (κ2) is 7.01. The minimum absolute atomic E-state index is 0.123. The molecule has 0 amide bonds. The highest BCUT2D eigenvalue weighted by atomic mass is 35.5. The van der Waals surface area contributed by atoms with Gasteiger partial charge in [0.25, 0.3) is 5.89 Å². The summed E-state index contributed by atoms with van der Waals surface area (Å²) < 4.78 is 5.17. The van der Waals surface area contributed by atoms with Gasteiger partial charge in [0, 0.05) is 6.54 Å². The van der Waals surface area contributed by atoms with Crippen LogP contribution in [0.4, 0.5) is 0 Å². The third-order valence-electron chi connectivity index (χ3n) is 2.68. The molecule has 2 aromatic rings. The Bertz CT molecular complexity index is 642. The van der Waals surface area contributed by atoms with E-state index in [2.05, 4.69) is 16.7 Å². The predicted octanol–water partition coefficient (Wildman–Crippen LogP) is 2.46. The molecule has 7 heteroatoms. The van der Waals surface area contributed by atoms with E-state index in [-0.39, 0.29) is 13.1 Å². The molecule has 0 unspecified atom stereocenters. The molecule has 0 fully saturated rings. The standard InChI is InChI=1S/C14H14ClN3O3/c1-2-7-18(9-13(19)20)8-12-16-14(21-17-12)10-5-3-4-6-11(10)15/h2-6H,1,7-9H2,(H,19,20). The Morgan fingerprint density at radius 2 is 2.24 bits per heavy atom. The van der Waals surface area contributed by atoms with Crippen LogP contribution in [0.3, 0.4) is 0 Å². The Kier molecular flexibility index (Phi) is 5.08. The highest BCUT2D eigenvalue weighted by molar-refractivity contribution is 6.33. The summed E-state index contributed by atoms with van der Waals surface area (Å²) >= 11 is 6.06. The highest BCUT2D eigenvalue weighted by Crippen LogP contribution is 2.25. The van der Waals surface area contributed by atoms with Gasteiger partial charge >= 0.3 is 5.97 Å². The number of rotatable bonds is 7. The number of carboxylic acid groups (broad SMARTS) is 1. The zero-order valence-electron chi connectivity index (χ0n) is 11.2. The monoisotopic (exact) mass is 307 g/mol. The molecule has 1 heterocycles. The lowest BCUT2D eigenvalue weighted by molar-refractivity contribution is -0.138. The van der Waals surface area contributed by atoms with Crippen molar-refractivity contribution in [1.82, 2.24) is 15.0 Å². The van der Waals surface area contributed by atoms with Gasteiger partial charge in [-0.2, -0.15) is 4.98 Å². The molecule has 0 aliphatic heterocycles. The lowest BCUT2D eigenvalue weighted by Gasteiger charge is -2.15. The van der Waals surface area contributed by atoms with Crippen LogP contribution in [0.5, 0.6) is 0 Å². The summed E-state index contributed by atoms with van der Waals surface area (Å²) in [4.78, 5) is 16.7. The molecule has 0 bridgehead atoms. The van der Waals surface area contributed by atoms with Crippen molar-refractivity contribution in [2.75, 3.05) is 13.1 Å². The summed E-state index contributed by atoms with van der Waals surface area (Å²) in [5.74, 6) is -0.218. The molecule has 0 saturated heterocycles. The molecule has 21 heavy (non-hydrogen) atoms. The van der Waals surface area contributed by atoms with Crippen molar-refractivity contribution < 1.29 is 14.4 Å². The molecule has 2 rings (SSSR count). The first kappa shape index (κ1) is 15.2. The molecule has 6 nitrogen and oxygen atoms in total. The van der Waals surface area contributed by atoms with Crippen LogP contribution in [0.25, 0.3) is 11.5 Å². The summed E-state index contributed by atoms with van der Waals surface area (Å²) in [6, 6.07) is 7.13. The molecule has 0 spiro atoms. The predicted molar refractivity (Wildman–Crippen MR) is 77.9 cm³/mol. The molecule has 1 aromatic heterocycles. The third-order valence-corrected chi connectivity index (χ3v) is 3.01. The van der Waals surface area contributed by atoms with Gasteiger partial charge in [-0.25, -0.2) is 0 Å². The zero-order valence-corrected chi connectivity index (χ0v) is 12.0. The molecule has 1 aromatic carbocycles. The quantitative estimate of drug-likeness (QED) is 0.792. The number of hydrogen-bond donors (Lipinski definition) is 1. The SMILES string of the molecule is C=CCN(CC(=O)O)Cc1noc(-c2ccccc2Cl)n1. The largest absolute Gasteiger partial charge is 0.480 e. The van der Waals surface area contributed by atoms with E-state index in [1.807, 2.05) is 12.1 Å². The minimum atomic E-state index is -0.924. The van der Waals surface area contributed by atoms with Crippen molar-refractivity contribution in [2.24, 2.45) is 0 Å². The second-order valence-corrected chi connectivity index (χ2v) is 4.75. The van der Waals surface area contributed by atoms with Crippen molar-refractivity contribution >= 4 is 17.6 Å². The summed E-state index contributed by atoms with van der Waals surface area (Å²) in [6.45, 7) is 4.15. The van der Waals surface area contributed by atoms with Crippen LogP contribution in [0, 0.1) is 0 Å². The van der Waals surface area contributed by atoms with Gasteiger partial charge in [0.15, 0.2) is 5.82 Å². The number of halogens is 1. The lowest BCUT2D eigenvalue weighted by atomic mass is 10.2. The maximum Gasteiger partial charge on any atom is 0.317 e. The van der Waals surface area contributed by atoms with Gasteiger partial charge in [0.05, 0.1) is 23.7 Å². The molecule has 1 N–H and O–H groups in total. The molecular formula is C14H14ClN3O3. The number of hydrogen-bond acceptors (Lipinski definition) is 5. The molecule has 0 aliphatic carbocycles. The van der Waals surface area contributed by atoms with Gasteiger partial charge in [0.1, 0.15) is 0 Å². The summed E-state index contributed by atoms with van der Waals surface area (Å²) in [5.41, 5.74) is 0.645. The zero-order chi connectivity index (χ0) is 15.2. The minimum Gasteiger partial charge on any atom is -0.480 e. The average molecular weight is 308 g/mol. The van der Waals surface area contributed by atoms with Crippen LogP contribution in [0.1, 0.15) is 5.82 Å². The van der Waals surface area contributed by atoms with Crippen molar-refractivity contribution in [2.45, 2.75) is 6.54 Å². The van der Waals surface area contributed by atoms with Gasteiger partial charge in [0.2, 0.25) is 0 Å². The van der Waals surface area contributed by atoms with Crippen molar-refractivity contribution in [3.05, 3.63) is 47.8 Å². The first-order valence-electron chi connectivity index (χ1n) is 6.22. The highest BCUT2D eigenvalue weighted by Gasteiger charge is 2.15. The van der Waals surface area contributed by atoms with Crippen LogP contribution in [0.15, 0.2) is 41.4 Å². The van der Waals surface area contributed by atoms with E-state index >= 15 is 0 Å². The number of benzene rings is 1. The number of aliphatic carboxylic acids is 1. The van der Waals surface area contributed by atoms with Gasteiger partial charge < -0.3 is 9.63 Å². The van der Waals surface area contributed by atoms with Gasteiger partial charge in [-0.05, 0) is 12.1 Å². The molecular weight excluding hydrogens is 294 g/mol. The van der Waals surface area contributed by atoms with E-state index in [0.29, 0.717) is 28.8 Å². The van der Waals surface area contributed by atoms with Crippen molar-refractivity contribution in [3.8, 4) is 11.5 Å². The topological polar surface area (TPSA) is 79.5 Å². The van der Waals surface area contributed by atoms with Crippen molar-refractivity contribution in [3.63, 3.8) is 0 Å². The van der Waals surface area contributed by atoms with E-state index in [0.717, 1.165) is 0 Å². The fraction of sp³-hybridized carbons (Fsp3) is 0.214. The Labute approximate surface area is 126 Å². The number of carboxylic acids is 1. The third kappa shape index (κ3) is 4.14. The fourth-order valence-corrected chi connectivity index (χ4v) is 2.04. The summed E-state index contributed by atoms with van der Waals surface area (Å²) in [7, 11) is 0. The Hall–Kier alpha value is -2.18. The maximum atomic E-state index is 10.8. The molecule has 110 valence electrons. The lowest BCUT2D eigenvalue weighted by Crippen LogP contribution is -2.29. The van der Waals surface area contributed by atoms with Crippen LogP contribution in [0.2, 0.25) is 5.02 Å². The van der Waals surface area contributed by atoms with E-state index in [4.69, 9.17) is 21.2 Å². The smallest absolute Gasteiger partial charge is 0.317 e. The molecule has 0 saturated carbocycles. The number of carbonyl (C=O) groups is 1. The first-order valence-corrected chi connectivity index (χ1v) is 6.60. The summed E-state index contributed by atoms with van der Waals surface area (Å²) in [6.07, 6.45) is 1.62. The Morgan fingerprint density at radius 1 is 1.48 bits per heavy atom. The van der Waals surface area contributed by atoms with Gasteiger partial charge in [-0.1, -0.05) is 35.0 Å². The normalized spacial score (nSPS) is 10.8. The number of nitrogens with zero attached hydrogens (tertiary/aromatic N) is 3. The molecule has 0 aliphatic rings. The van der Waals surface area contributed by atoms with Crippen LogP contribution >= 0.6 is 11.6 Å². The Morgan fingerprint density at radius 3 is 2.90 bits per heavy atom. The van der Waals surface area contributed by atoms with E-state index in [1.165, 1.54) is 0 Å². The van der Waals surface area contributed by atoms with E-state index in [9.17, 15) is 4.79 Å². The fourth-order valence-electron chi connectivity index (χ4n) is 1.82. The first-order chi connectivity index (χ1) is 10.1. The van der Waals surface area contributed by atoms with E-state index < -0.39 is 5.97 Å². The van der Waals surface area contributed by atoms with Crippen LogP contribution in [-0.2, 0) is 11.3 Å². The summed E-state index contributed by atoms with van der Waals surface area (Å²) in [5, 5.41) is 13.2. The second-order valence-electron chi connectivity index (χ2n) is 4.35. The Balaban J connectivity index is 2.14. The number of aromatic nitrogens is 2. The van der Waals surface area contributed by atoms with E-state index in [1.54, 1.807) is 23.1 Å². The van der Waals surface area contributed by atoms with Crippen molar-refractivity contribution in [1.29, 1.82) is 0 Å². The van der Waals surface area contributed by atoms with Crippen LogP contribution in [-0.4, -0.2) is 39.2 Å². The van der Waals surface area contributed by atoms with Crippen LogP contribution < -0.4 is 0 Å². The average Bonchev–Trinajstić information content (AvgIpc) is 2.87. The molecule has 0 radical (unpaired) electrons. The van der Waals surface area contributed by atoms with Gasteiger partial charge in [-0.3, -0.25) is 9.69 Å². The molecule has 0 atom stereocenters. The van der Waals surface area contributed by atoms with Gasteiger partial charge in [-0.15, -0.1) is 6.58 Å².